The minimum Gasteiger partial charge on any atom is -0.497 e. The highest BCUT2D eigenvalue weighted by atomic mass is 32.1. The second-order valence-electron chi connectivity index (χ2n) is 12.4. The minimum atomic E-state index is -1.01. The Balaban J connectivity index is 1.26. The predicted molar refractivity (Wildman–Crippen MR) is 157 cm³/mol. The number of benzene rings is 2. The van der Waals surface area contributed by atoms with Crippen LogP contribution in [-0.4, -0.2) is 43.8 Å². The van der Waals surface area contributed by atoms with E-state index in [1.807, 2.05) is 0 Å². The van der Waals surface area contributed by atoms with Crippen LogP contribution in [0.4, 0.5) is 11.4 Å². The summed E-state index contributed by atoms with van der Waals surface area (Å²) >= 11 is 1.64. The van der Waals surface area contributed by atoms with Crippen LogP contribution in [0.3, 0.4) is 0 Å². The molecule has 2 aliphatic rings. The molecule has 0 spiro atoms. The summed E-state index contributed by atoms with van der Waals surface area (Å²) in [5.74, 6) is -1.05. The van der Waals surface area contributed by atoms with Gasteiger partial charge in [0, 0.05) is 42.1 Å². The molecule has 1 saturated heterocycles. The summed E-state index contributed by atoms with van der Waals surface area (Å²) < 4.78 is 0. The van der Waals surface area contributed by atoms with Crippen molar-refractivity contribution in [1.82, 2.24) is 9.88 Å². The van der Waals surface area contributed by atoms with Crippen molar-refractivity contribution in [1.29, 1.82) is 0 Å². The molecule has 216 valence electrons. The Morgan fingerprint density at radius 1 is 1.00 bits per heavy atom. The van der Waals surface area contributed by atoms with Crippen LogP contribution in [0.15, 0.2) is 35.7 Å². The number of carbonyl (C=O) groups excluding carboxylic acids is 1. The van der Waals surface area contributed by atoms with Gasteiger partial charge in [0.25, 0.3) is 5.75 Å². The Kier molecular flexibility index (Phi) is 7.35. The molecule has 1 fully saturated rings. The highest BCUT2D eigenvalue weighted by Gasteiger charge is 2.37. The third-order valence-electron chi connectivity index (χ3n) is 8.75. The number of aromatic nitrogens is 1. The van der Waals surface area contributed by atoms with Gasteiger partial charge in [-0.1, -0.05) is 39.8 Å². The van der Waals surface area contributed by atoms with Crippen molar-refractivity contribution in [2.24, 2.45) is 0 Å². The summed E-state index contributed by atoms with van der Waals surface area (Å²) in [6, 6.07) is 8.81. The molecule has 10 nitrogen and oxygen atoms in total. The first-order chi connectivity index (χ1) is 19.3. The first kappa shape index (κ1) is 28.7. The summed E-state index contributed by atoms with van der Waals surface area (Å²) in [6.07, 6.45) is 3.57. The number of thiazole rings is 1. The molecule has 1 aromatic heterocycles. The standard InChI is InChI=1S/C30H34N4O6S/c1-29(2)9-10-30(3,4)22-16-20(5-6-21(22)29)23-17-41-28(31-23)19-7-11-32(12-8-19)26(35)15-18-13-24(33(37)38)27(36)25(14-18)34(39)40/h5-6,13-14,16-17,19,36H,7-12,15H2,1-4H3. The van der Waals surface area contributed by atoms with Crippen LogP contribution >= 0.6 is 11.3 Å². The summed E-state index contributed by atoms with van der Waals surface area (Å²) in [5.41, 5.74) is 3.75. The van der Waals surface area contributed by atoms with Gasteiger partial charge < -0.3 is 10.0 Å². The van der Waals surface area contributed by atoms with Crippen LogP contribution in [0, 0.1) is 20.2 Å². The Morgan fingerprint density at radius 2 is 1.59 bits per heavy atom. The number of amides is 1. The number of hydrogen-bond donors (Lipinski definition) is 1. The van der Waals surface area contributed by atoms with Crippen LogP contribution in [0.25, 0.3) is 11.3 Å². The lowest BCUT2D eigenvalue weighted by Gasteiger charge is -2.42. The zero-order chi connectivity index (χ0) is 29.7. The fourth-order valence-electron chi connectivity index (χ4n) is 6.06. The number of phenols is 1. The van der Waals surface area contributed by atoms with Gasteiger partial charge in [0.15, 0.2) is 0 Å². The Hall–Kier alpha value is -3.86. The topological polar surface area (TPSA) is 140 Å². The number of rotatable bonds is 6. The zero-order valence-corrected chi connectivity index (χ0v) is 24.5. The zero-order valence-electron chi connectivity index (χ0n) is 23.7. The van der Waals surface area contributed by atoms with Crippen molar-refractivity contribution in [3.05, 3.63) is 77.6 Å². The third kappa shape index (κ3) is 5.55. The second kappa shape index (κ2) is 10.5. The molecule has 11 heteroatoms. The SMILES string of the molecule is CC1(C)CCC(C)(C)c2cc(-c3csc(C4CCN(C(=O)Cc5cc([N+](=O)[O-])c(O)c([N+](=O)[O-])c5)CC4)n3)ccc21. The molecule has 0 radical (unpaired) electrons. The molecule has 5 rings (SSSR count). The normalized spacial score (nSPS) is 18.1. The summed E-state index contributed by atoms with van der Waals surface area (Å²) in [7, 11) is 0. The van der Waals surface area contributed by atoms with E-state index < -0.39 is 27.0 Å². The number of fused-ring (bicyclic) bond motifs is 1. The summed E-state index contributed by atoms with van der Waals surface area (Å²) in [4.78, 5) is 40.3. The average molecular weight is 579 g/mol. The van der Waals surface area contributed by atoms with Gasteiger partial charge in [0.2, 0.25) is 5.91 Å². The highest BCUT2D eigenvalue weighted by molar-refractivity contribution is 7.10. The van der Waals surface area contributed by atoms with E-state index in [1.54, 1.807) is 16.2 Å². The third-order valence-corrected chi connectivity index (χ3v) is 9.75. The van der Waals surface area contributed by atoms with E-state index >= 15 is 0 Å². The predicted octanol–water partition coefficient (Wildman–Crippen LogP) is 6.63. The molecule has 3 aromatic rings. The molecule has 1 aliphatic heterocycles. The first-order valence-corrected chi connectivity index (χ1v) is 14.7. The molecule has 1 N–H and O–H groups in total. The van der Waals surface area contributed by atoms with Gasteiger partial charge in [-0.3, -0.25) is 25.0 Å². The minimum absolute atomic E-state index is 0.120. The second-order valence-corrected chi connectivity index (χ2v) is 13.3. The maximum absolute atomic E-state index is 13.0. The van der Waals surface area contributed by atoms with E-state index in [2.05, 4.69) is 51.3 Å². The lowest BCUT2D eigenvalue weighted by molar-refractivity contribution is -0.396. The van der Waals surface area contributed by atoms with Crippen molar-refractivity contribution >= 4 is 28.6 Å². The number of likely N-dealkylation sites (tertiary alicyclic amines) is 1. The van der Waals surface area contributed by atoms with Crippen LogP contribution in [0.2, 0.25) is 0 Å². The fourth-order valence-corrected chi connectivity index (χ4v) is 7.06. The van der Waals surface area contributed by atoms with Gasteiger partial charge in [0.05, 0.1) is 27.0 Å². The van der Waals surface area contributed by atoms with Crippen molar-refractivity contribution in [3.63, 3.8) is 0 Å². The number of aromatic hydroxyl groups is 1. The van der Waals surface area contributed by atoms with E-state index in [9.17, 15) is 30.1 Å². The van der Waals surface area contributed by atoms with E-state index in [0.717, 1.165) is 47.7 Å². The molecule has 1 amide bonds. The first-order valence-electron chi connectivity index (χ1n) is 13.8. The number of nitrogens with zero attached hydrogens (tertiary/aromatic N) is 4. The molecule has 1 aliphatic carbocycles. The number of phenolic OH excluding ortho intramolecular Hbond substituents is 1. The lowest BCUT2D eigenvalue weighted by atomic mass is 9.63. The molecular weight excluding hydrogens is 544 g/mol. The van der Waals surface area contributed by atoms with Gasteiger partial charge in [-0.2, -0.15) is 0 Å². The van der Waals surface area contributed by atoms with E-state index in [0.29, 0.717) is 13.1 Å². The van der Waals surface area contributed by atoms with Crippen LogP contribution in [-0.2, 0) is 22.0 Å². The maximum atomic E-state index is 13.0. The Bertz CT molecular complexity index is 1500. The van der Waals surface area contributed by atoms with Crippen molar-refractivity contribution in [2.75, 3.05) is 13.1 Å². The molecule has 0 saturated carbocycles. The lowest BCUT2D eigenvalue weighted by Crippen LogP contribution is -2.38. The fraction of sp³-hybridized carbons (Fsp3) is 0.467. The molecule has 41 heavy (non-hydrogen) atoms. The number of hydrogen-bond acceptors (Lipinski definition) is 8. The monoisotopic (exact) mass is 578 g/mol. The Morgan fingerprint density at radius 3 is 2.17 bits per heavy atom. The highest BCUT2D eigenvalue weighted by Crippen LogP contribution is 2.47. The van der Waals surface area contributed by atoms with Crippen molar-refractivity contribution < 1.29 is 19.7 Å². The van der Waals surface area contributed by atoms with Crippen LogP contribution in [0.1, 0.15) is 81.0 Å². The van der Waals surface area contributed by atoms with Gasteiger partial charge >= 0.3 is 11.4 Å². The van der Waals surface area contributed by atoms with E-state index in [1.165, 1.54) is 17.5 Å². The van der Waals surface area contributed by atoms with Gasteiger partial charge in [-0.05, 0) is 59.3 Å². The quantitative estimate of drug-likeness (QED) is 0.256. The number of piperidine rings is 1. The molecule has 2 heterocycles. The number of carbonyl (C=O) groups is 1. The number of nitro groups is 2. The van der Waals surface area contributed by atoms with E-state index in [4.69, 9.17) is 4.98 Å². The molecular formula is C30H34N4O6S. The largest absolute Gasteiger partial charge is 0.497 e. The summed E-state index contributed by atoms with van der Waals surface area (Å²) in [5, 5.41) is 35.5. The smallest absolute Gasteiger partial charge is 0.318 e. The molecule has 0 atom stereocenters. The maximum Gasteiger partial charge on any atom is 0.318 e. The van der Waals surface area contributed by atoms with Gasteiger partial charge in [0.1, 0.15) is 0 Å². The molecule has 2 aromatic carbocycles. The Labute approximate surface area is 242 Å². The average Bonchev–Trinajstić information content (AvgIpc) is 3.42. The summed E-state index contributed by atoms with van der Waals surface area (Å²) in [6.45, 7) is 10.3. The van der Waals surface area contributed by atoms with Gasteiger partial charge in [-0.15, -0.1) is 11.3 Å². The number of nitro benzene ring substituents is 2. The van der Waals surface area contributed by atoms with Crippen molar-refractivity contribution in [3.8, 4) is 17.0 Å². The van der Waals surface area contributed by atoms with Crippen LogP contribution < -0.4 is 0 Å². The van der Waals surface area contributed by atoms with Crippen LogP contribution in [0.5, 0.6) is 5.75 Å². The van der Waals surface area contributed by atoms with Gasteiger partial charge in [-0.25, -0.2) is 4.98 Å². The molecule has 0 unspecified atom stereocenters. The van der Waals surface area contributed by atoms with E-state index in [-0.39, 0.29) is 34.6 Å². The molecule has 0 bridgehead atoms. The van der Waals surface area contributed by atoms with Crippen molar-refractivity contribution in [2.45, 2.75) is 76.5 Å².